The van der Waals surface area contributed by atoms with Crippen LogP contribution in [-0.2, 0) is 11.4 Å². The van der Waals surface area contributed by atoms with Gasteiger partial charge in [0.2, 0.25) is 5.75 Å². The van der Waals surface area contributed by atoms with E-state index in [-0.39, 0.29) is 12.2 Å². The maximum absolute atomic E-state index is 11.8. The predicted molar refractivity (Wildman–Crippen MR) is 83.7 cm³/mol. The summed E-state index contributed by atoms with van der Waals surface area (Å²) in [6, 6.07) is 14.5. The summed E-state index contributed by atoms with van der Waals surface area (Å²) < 4.78 is 10.2. The molecular formula is C17H13NO5. The molecule has 0 spiro atoms. The van der Waals surface area contributed by atoms with E-state index in [1.54, 1.807) is 18.2 Å². The normalized spacial score (nSPS) is 10.4. The lowest BCUT2D eigenvalue weighted by molar-refractivity contribution is -0.120. The van der Waals surface area contributed by atoms with Crippen molar-refractivity contribution in [3.05, 3.63) is 64.4 Å². The van der Waals surface area contributed by atoms with Crippen LogP contribution in [0.1, 0.15) is 5.56 Å². The standard InChI is InChI=1S/C17H13NO5/c19-10-23-16-15(20)13-7-6-12(8-14(13)18-17(16)21)22-9-11-4-2-1-3-5-11/h1-8,10H,9H2,(H2,18,20,21). The third kappa shape index (κ3) is 3.01. The van der Waals surface area contributed by atoms with Crippen LogP contribution in [0.15, 0.2) is 53.3 Å². The van der Waals surface area contributed by atoms with Crippen molar-refractivity contribution in [2.75, 3.05) is 0 Å². The third-order valence-corrected chi connectivity index (χ3v) is 3.33. The zero-order valence-corrected chi connectivity index (χ0v) is 12.0. The topological polar surface area (TPSA) is 88.6 Å². The molecule has 2 N–H and O–H groups in total. The largest absolute Gasteiger partial charge is 0.504 e. The first-order valence-electron chi connectivity index (χ1n) is 6.85. The molecular weight excluding hydrogens is 298 g/mol. The summed E-state index contributed by atoms with van der Waals surface area (Å²) in [6.45, 7) is 0.475. The van der Waals surface area contributed by atoms with Gasteiger partial charge >= 0.3 is 0 Å². The summed E-state index contributed by atoms with van der Waals surface area (Å²) in [6.07, 6.45) is 0. The first-order chi connectivity index (χ1) is 11.2. The number of nitrogens with one attached hydrogen (secondary N) is 1. The van der Waals surface area contributed by atoms with Crippen molar-refractivity contribution in [3.8, 4) is 17.2 Å². The molecule has 6 heteroatoms. The Hall–Kier alpha value is -3.28. The molecule has 0 radical (unpaired) electrons. The highest BCUT2D eigenvalue weighted by atomic mass is 16.5. The smallest absolute Gasteiger partial charge is 0.298 e. The number of aromatic amines is 1. The van der Waals surface area contributed by atoms with Gasteiger partial charge in [0.1, 0.15) is 12.4 Å². The SMILES string of the molecule is O=COc1c(O)c2ccc(OCc3ccccc3)cc2[nH]c1=O. The predicted octanol–water partition coefficient (Wildman–Crippen LogP) is 2.35. The van der Waals surface area contributed by atoms with Crippen LogP contribution in [0.25, 0.3) is 10.9 Å². The number of hydrogen-bond donors (Lipinski definition) is 2. The molecule has 1 heterocycles. The van der Waals surface area contributed by atoms with Crippen LogP contribution in [0.2, 0.25) is 0 Å². The molecule has 3 rings (SSSR count). The molecule has 0 unspecified atom stereocenters. The number of benzene rings is 2. The number of carbonyl (C=O) groups excluding carboxylic acids is 1. The number of pyridine rings is 1. The Labute approximate surface area is 130 Å². The zero-order valence-electron chi connectivity index (χ0n) is 12.0. The first kappa shape index (κ1) is 14.6. The minimum Gasteiger partial charge on any atom is -0.504 e. The summed E-state index contributed by atoms with van der Waals surface area (Å²) in [4.78, 5) is 24.7. The Morgan fingerprint density at radius 3 is 2.65 bits per heavy atom. The number of hydrogen-bond acceptors (Lipinski definition) is 5. The van der Waals surface area contributed by atoms with Gasteiger partial charge in [-0.15, -0.1) is 0 Å². The van der Waals surface area contributed by atoms with Crippen LogP contribution in [0.3, 0.4) is 0 Å². The second-order valence-corrected chi connectivity index (χ2v) is 4.83. The Morgan fingerprint density at radius 2 is 1.91 bits per heavy atom. The van der Waals surface area contributed by atoms with E-state index < -0.39 is 11.3 Å². The number of carbonyl (C=O) groups is 1. The molecule has 3 aromatic rings. The molecule has 0 aliphatic rings. The van der Waals surface area contributed by atoms with E-state index in [4.69, 9.17) is 4.74 Å². The van der Waals surface area contributed by atoms with Gasteiger partial charge in [-0.05, 0) is 17.7 Å². The fourth-order valence-corrected chi connectivity index (χ4v) is 2.23. The van der Waals surface area contributed by atoms with Crippen LogP contribution in [0.4, 0.5) is 0 Å². The van der Waals surface area contributed by atoms with Crippen molar-refractivity contribution in [2.45, 2.75) is 6.61 Å². The Kier molecular flexibility index (Phi) is 3.97. The molecule has 0 amide bonds. The van der Waals surface area contributed by atoms with Gasteiger partial charge in [0.15, 0.2) is 5.75 Å². The van der Waals surface area contributed by atoms with Crippen LogP contribution < -0.4 is 15.0 Å². The van der Waals surface area contributed by atoms with Gasteiger partial charge in [-0.25, -0.2) is 0 Å². The Balaban J connectivity index is 1.91. The highest BCUT2D eigenvalue weighted by Gasteiger charge is 2.13. The average molecular weight is 311 g/mol. The van der Waals surface area contributed by atoms with Crippen LogP contribution >= 0.6 is 0 Å². The van der Waals surface area contributed by atoms with E-state index in [9.17, 15) is 14.7 Å². The maximum Gasteiger partial charge on any atom is 0.298 e. The molecule has 0 aliphatic carbocycles. The van der Waals surface area contributed by atoms with E-state index in [1.807, 2.05) is 30.3 Å². The molecule has 6 nitrogen and oxygen atoms in total. The molecule has 0 bridgehead atoms. The van der Waals surface area contributed by atoms with Gasteiger partial charge in [0, 0.05) is 11.5 Å². The summed E-state index contributed by atoms with van der Waals surface area (Å²) in [5.41, 5.74) is 0.706. The van der Waals surface area contributed by atoms with E-state index in [0.29, 0.717) is 23.3 Å². The molecule has 0 atom stereocenters. The molecule has 0 aliphatic heterocycles. The zero-order chi connectivity index (χ0) is 16.2. The molecule has 2 aromatic carbocycles. The molecule has 116 valence electrons. The van der Waals surface area contributed by atoms with E-state index in [0.717, 1.165) is 5.56 Å². The Bertz CT molecular complexity index is 902. The lowest BCUT2D eigenvalue weighted by Crippen LogP contribution is -2.10. The lowest BCUT2D eigenvalue weighted by Gasteiger charge is -2.09. The van der Waals surface area contributed by atoms with Gasteiger partial charge in [-0.1, -0.05) is 30.3 Å². The summed E-state index contributed by atoms with van der Waals surface area (Å²) in [5.74, 6) is -0.267. The second kappa shape index (κ2) is 6.23. The molecule has 0 fully saturated rings. The number of aromatic nitrogens is 1. The first-order valence-corrected chi connectivity index (χ1v) is 6.85. The van der Waals surface area contributed by atoms with Gasteiger partial charge in [0.25, 0.3) is 12.0 Å². The van der Waals surface area contributed by atoms with Crippen molar-refractivity contribution >= 4 is 17.4 Å². The van der Waals surface area contributed by atoms with Gasteiger partial charge in [0.05, 0.1) is 5.52 Å². The van der Waals surface area contributed by atoms with E-state index in [2.05, 4.69) is 9.72 Å². The number of H-pyrrole nitrogens is 1. The number of aromatic hydroxyl groups is 1. The van der Waals surface area contributed by atoms with Crippen LogP contribution in [0.5, 0.6) is 17.2 Å². The molecule has 0 saturated carbocycles. The van der Waals surface area contributed by atoms with E-state index >= 15 is 0 Å². The van der Waals surface area contributed by atoms with Crippen molar-refractivity contribution in [2.24, 2.45) is 0 Å². The van der Waals surface area contributed by atoms with Crippen molar-refractivity contribution < 1.29 is 19.4 Å². The van der Waals surface area contributed by atoms with Gasteiger partial charge < -0.3 is 19.6 Å². The third-order valence-electron chi connectivity index (χ3n) is 3.33. The van der Waals surface area contributed by atoms with Crippen LogP contribution in [0, 0.1) is 0 Å². The van der Waals surface area contributed by atoms with Crippen molar-refractivity contribution in [1.82, 2.24) is 4.98 Å². The minimum absolute atomic E-state index is 0.0907. The number of fused-ring (bicyclic) bond motifs is 1. The van der Waals surface area contributed by atoms with Gasteiger partial charge in [-0.2, -0.15) is 0 Å². The summed E-state index contributed by atoms with van der Waals surface area (Å²) in [5, 5.41) is 10.4. The summed E-state index contributed by atoms with van der Waals surface area (Å²) in [7, 11) is 0. The highest BCUT2D eigenvalue weighted by Crippen LogP contribution is 2.31. The maximum atomic E-state index is 11.8. The highest BCUT2D eigenvalue weighted by molar-refractivity contribution is 5.88. The molecule has 0 saturated heterocycles. The van der Waals surface area contributed by atoms with E-state index in [1.165, 1.54) is 0 Å². The van der Waals surface area contributed by atoms with Crippen molar-refractivity contribution in [1.29, 1.82) is 0 Å². The molecule has 23 heavy (non-hydrogen) atoms. The lowest BCUT2D eigenvalue weighted by atomic mass is 10.2. The fourth-order valence-electron chi connectivity index (χ4n) is 2.23. The number of rotatable bonds is 5. The Morgan fingerprint density at radius 1 is 1.13 bits per heavy atom. The van der Waals surface area contributed by atoms with Crippen LogP contribution in [-0.4, -0.2) is 16.6 Å². The molecule has 1 aromatic heterocycles. The fraction of sp³-hybridized carbons (Fsp3) is 0.0588. The summed E-state index contributed by atoms with van der Waals surface area (Å²) >= 11 is 0. The van der Waals surface area contributed by atoms with Crippen molar-refractivity contribution in [3.63, 3.8) is 0 Å². The minimum atomic E-state index is -0.692. The quantitative estimate of drug-likeness (QED) is 0.706. The monoisotopic (exact) mass is 311 g/mol. The average Bonchev–Trinajstić information content (AvgIpc) is 2.57. The van der Waals surface area contributed by atoms with Gasteiger partial charge in [-0.3, -0.25) is 9.59 Å². The number of ether oxygens (including phenoxy) is 2. The second-order valence-electron chi connectivity index (χ2n) is 4.83.